The predicted molar refractivity (Wildman–Crippen MR) is 99.1 cm³/mol. The Morgan fingerprint density at radius 2 is 1.63 bits per heavy atom. The van der Waals surface area contributed by atoms with Crippen molar-refractivity contribution in [2.75, 3.05) is 12.1 Å². The predicted octanol–water partition coefficient (Wildman–Crippen LogP) is 4.88. The number of fused-ring (bicyclic) bond motifs is 2. The molecule has 0 saturated carbocycles. The molecule has 2 heterocycles. The van der Waals surface area contributed by atoms with Gasteiger partial charge in [-0.15, -0.1) is 0 Å². The van der Waals surface area contributed by atoms with Gasteiger partial charge in [0.2, 0.25) is 0 Å². The van der Waals surface area contributed by atoms with Gasteiger partial charge in [-0.05, 0) is 64.7 Å². The number of hydrogen-bond acceptors (Lipinski definition) is 5. The van der Waals surface area contributed by atoms with E-state index in [-0.39, 0.29) is 36.8 Å². The maximum Gasteiger partial charge on any atom is 0.419 e. The number of benzene rings is 1. The molecule has 2 fully saturated rings. The van der Waals surface area contributed by atoms with Gasteiger partial charge >= 0.3 is 12.3 Å². The molecule has 2 aliphatic heterocycles. The number of carbonyl (C=O) groups is 1. The van der Waals surface area contributed by atoms with Gasteiger partial charge in [-0.3, -0.25) is 10.3 Å². The third-order valence-corrected chi connectivity index (χ3v) is 4.04. The number of alkyl halides is 3. The van der Waals surface area contributed by atoms with Crippen LogP contribution in [0.25, 0.3) is 0 Å². The molecule has 3 N–H and O–H groups in total. The quantitative estimate of drug-likeness (QED) is 0.331. The number of halogens is 4. The van der Waals surface area contributed by atoms with Gasteiger partial charge in [0.25, 0.3) is 0 Å². The number of nitrogens with zero attached hydrogens (tertiary/aromatic N) is 1. The van der Waals surface area contributed by atoms with Crippen molar-refractivity contribution in [1.29, 1.82) is 0 Å². The molecule has 30 heavy (non-hydrogen) atoms. The first-order valence-corrected chi connectivity index (χ1v) is 9.12. The zero-order chi connectivity index (χ0) is 22.4. The van der Waals surface area contributed by atoms with E-state index in [2.05, 4.69) is 4.74 Å². The summed E-state index contributed by atoms with van der Waals surface area (Å²) >= 11 is 0. The Morgan fingerprint density at radius 1 is 1.17 bits per heavy atom. The minimum atomic E-state index is -4.75. The number of nitrogens with two attached hydrogens (primary N) is 1. The largest absolute Gasteiger partial charge is 0.444 e. The smallest absolute Gasteiger partial charge is 0.419 e. The molecule has 2 aliphatic rings. The van der Waals surface area contributed by atoms with E-state index in [9.17, 15) is 22.4 Å². The molecule has 170 valence electrons. The molecular formula is C19H28F4N2O4U. The number of amides is 1. The van der Waals surface area contributed by atoms with Gasteiger partial charge in [0, 0.05) is 38.2 Å². The average Bonchev–Trinajstić information content (AvgIpc) is 3.18. The van der Waals surface area contributed by atoms with Gasteiger partial charge in [-0.25, -0.2) is 9.18 Å². The fourth-order valence-corrected chi connectivity index (χ4v) is 2.81. The molecule has 0 aliphatic carbocycles. The van der Waals surface area contributed by atoms with Crippen LogP contribution in [0, 0.1) is 36.9 Å². The Morgan fingerprint density at radius 3 is 1.87 bits per heavy atom. The van der Waals surface area contributed by atoms with Crippen molar-refractivity contribution < 1.29 is 68.2 Å². The summed E-state index contributed by atoms with van der Waals surface area (Å²) in [6, 6.07) is 2.24. The topological polar surface area (TPSA) is 85.0 Å². The van der Waals surface area contributed by atoms with Crippen molar-refractivity contribution in [2.45, 2.75) is 70.4 Å². The van der Waals surface area contributed by atoms with E-state index < -0.39 is 29.3 Å². The van der Waals surface area contributed by atoms with Crippen molar-refractivity contribution in [2.24, 2.45) is 5.73 Å². The number of anilines is 1. The fraction of sp³-hybridized carbons (Fsp3) is 0.632. The van der Waals surface area contributed by atoms with Crippen LogP contribution in [0.5, 0.6) is 0 Å². The first kappa shape index (κ1) is 29.0. The number of rotatable bonds is 1. The maximum atomic E-state index is 12.7. The Bertz CT molecular complexity index is 663. The first-order valence-electron chi connectivity index (χ1n) is 9.12. The second-order valence-electron chi connectivity index (χ2n) is 7.75. The van der Waals surface area contributed by atoms with Crippen LogP contribution in [0.4, 0.5) is 28.0 Å². The van der Waals surface area contributed by atoms with E-state index in [1.165, 1.54) is 25.7 Å². The van der Waals surface area contributed by atoms with E-state index in [4.69, 9.17) is 15.7 Å². The number of hydroxylamine groups is 1. The van der Waals surface area contributed by atoms with Gasteiger partial charge < -0.3 is 15.2 Å². The van der Waals surface area contributed by atoms with Crippen molar-refractivity contribution in [3.05, 3.63) is 29.6 Å². The molecule has 1 aromatic rings. The van der Waals surface area contributed by atoms with Crippen LogP contribution < -0.4 is 10.8 Å². The summed E-state index contributed by atoms with van der Waals surface area (Å²) in [6.45, 7) is 5.28. The number of hydrogen-bond donors (Lipinski definition) is 2. The van der Waals surface area contributed by atoms with E-state index >= 15 is 0 Å². The van der Waals surface area contributed by atoms with E-state index in [1.54, 1.807) is 20.8 Å². The van der Waals surface area contributed by atoms with Crippen LogP contribution >= 0.6 is 0 Å². The van der Waals surface area contributed by atoms with Gasteiger partial charge in [0.15, 0.2) is 0 Å². The molecule has 6 nitrogen and oxygen atoms in total. The average molecular weight is 662 g/mol. The van der Waals surface area contributed by atoms with Gasteiger partial charge in [-0.1, -0.05) is 0 Å². The third-order valence-electron chi connectivity index (χ3n) is 4.04. The minimum Gasteiger partial charge on any atom is -0.444 e. The number of ether oxygens (including phenoxy) is 2. The monoisotopic (exact) mass is 662 g/mol. The van der Waals surface area contributed by atoms with Crippen LogP contribution in [0.15, 0.2) is 18.2 Å². The van der Waals surface area contributed by atoms with Gasteiger partial charge in [-0.2, -0.15) is 13.2 Å². The summed E-state index contributed by atoms with van der Waals surface area (Å²) in [4.78, 5) is 10.0. The van der Waals surface area contributed by atoms with Crippen molar-refractivity contribution in [1.82, 2.24) is 0 Å². The summed E-state index contributed by atoms with van der Waals surface area (Å²) in [5.74, 6) is -1.36. The first-order chi connectivity index (χ1) is 13.2. The second kappa shape index (κ2) is 12.1. The molecule has 0 atom stereocenters. The molecule has 0 aromatic heterocycles. The zero-order valence-corrected chi connectivity index (χ0v) is 21.6. The summed E-state index contributed by atoms with van der Waals surface area (Å²) in [6.07, 6.45) is 1.22. The SMILES string of the molecule is C1CC2CCC1O2.CC(C)(C)OC(N)=O.CN(O)c1ccc(F)c(C(F)(F)F)c1.[U]. The summed E-state index contributed by atoms with van der Waals surface area (Å²) < 4.78 is 59.2. The minimum absolute atomic E-state index is 0. The van der Waals surface area contributed by atoms with Crippen LogP contribution in [0.1, 0.15) is 52.0 Å². The third kappa shape index (κ3) is 10.8. The molecule has 0 spiro atoms. The standard InChI is InChI=1S/C8H7F4NO.C6H10O.C5H11NO2.U/c1-13(14)5-2-3-7(9)6(4-5)8(10,11)12;1-2-6-4-3-5(1)7-6;1-5(2,3)8-4(6)7;/h2-4,14H,1H3;5-6H,1-4H2;1-3H3,(H2,6,7);. The number of primary amides is 1. The van der Waals surface area contributed by atoms with Crippen LogP contribution in [0.2, 0.25) is 0 Å². The normalized spacial score (nSPS) is 19.5. The molecule has 11 heteroatoms. The Labute approximate surface area is 197 Å². The molecule has 0 radical (unpaired) electrons. The summed E-state index contributed by atoms with van der Waals surface area (Å²) in [7, 11) is 1.15. The second-order valence-corrected chi connectivity index (χ2v) is 7.75. The van der Waals surface area contributed by atoms with Crippen LogP contribution in [-0.2, 0) is 15.7 Å². The fourth-order valence-electron chi connectivity index (χ4n) is 2.81. The van der Waals surface area contributed by atoms with Crippen molar-refractivity contribution in [3.8, 4) is 0 Å². The molecule has 2 bridgehead atoms. The summed E-state index contributed by atoms with van der Waals surface area (Å²) in [5, 5.41) is 9.33. The Balaban J connectivity index is 0.000000447. The van der Waals surface area contributed by atoms with E-state index in [0.717, 1.165) is 13.1 Å². The zero-order valence-electron chi connectivity index (χ0n) is 17.4. The van der Waals surface area contributed by atoms with E-state index in [0.29, 0.717) is 29.4 Å². The summed E-state index contributed by atoms with van der Waals surface area (Å²) in [5.41, 5.74) is 2.75. The molecule has 1 aromatic carbocycles. The van der Waals surface area contributed by atoms with Crippen molar-refractivity contribution in [3.63, 3.8) is 0 Å². The van der Waals surface area contributed by atoms with E-state index in [1.807, 2.05) is 0 Å². The Kier molecular flexibility index (Phi) is 11.7. The molecule has 2 saturated heterocycles. The van der Waals surface area contributed by atoms with Gasteiger partial charge in [0.1, 0.15) is 11.4 Å². The maximum absolute atomic E-state index is 12.7. The molecular weight excluding hydrogens is 634 g/mol. The molecule has 1 amide bonds. The Hall–Kier alpha value is -1.02. The van der Waals surface area contributed by atoms with Gasteiger partial charge in [0.05, 0.1) is 23.5 Å². The molecule has 0 unspecified atom stereocenters. The van der Waals surface area contributed by atoms with Crippen molar-refractivity contribution >= 4 is 11.8 Å². The number of carbonyl (C=O) groups excluding carboxylic acids is 1. The molecule has 3 rings (SSSR count). The van der Waals surface area contributed by atoms with Crippen LogP contribution in [-0.4, -0.2) is 36.2 Å². The van der Waals surface area contributed by atoms with Crippen LogP contribution in [0.3, 0.4) is 0 Å².